The molecule has 1 aliphatic carbocycles. The maximum absolute atomic E-state index is 10.9. The van der Waals surface area contributed by atoms with Gasteiger partial charge in [-0.15, -0.1) is 0 Å². The van der Waals surface area contributed by atoms with Gasteiger partial charge in [0.15, 0.2) is 0 Å². The lowest BCUT2D eigenvalue weighted by Crippen LogP contribution is -2.10. The fourth-order valence-corrected chi connectivity index (χ4v) is 2.13. The molecule has 1 aromatic carbocycles. The lowest BCUT2D eigenvalue weighted by Gasteiger charge is -2.19. The molecule has 0 heterocycles. The number of carboxylic acid groups (broad SMARTS) is 1. The third kappa shape index (κ3) is 3.00. The molecule has 0 saturated heterocycles. The largest absolute Gasteiger partial charge is 0.478 e. The SMILES string of the molecule is CC(C)(C)c1ccc(/C(=C/C(=O)O)C2CC2)cc1. The van der Waals surface area contributed by atoms with Crippen molar-refractivity contribution >= 4 is 11.5 Å². The highest BCUT2D eigenvalue weighted by atomic mass is 16.4. The minimum atomic E-state index is -0.850. The Hall–Kier alpha value is -1.57. The molecule has 96 valence electrons. The molecular formula is C16H20O2. The molecule has 1 aliphatic rings. The Morgan fingerprint density at radius 3 is 2.17 bits per heavy atom. The van der Waals surface area contributed by atoms with Gasteiger partial charge in [-0.05, 0) is 40.9 Å². The molecule has 18 heavy (non-hydrogen) atoms. The molecule has 0 spiro atoms. The predicted octanol–water partition coefficient (Wildman–Crippen LogP) is 3.86. The first-order valence-corrected chi connectivity index (χ1v) is 6.43. The van der Waals surface area contributed by atoms with Gasteiger partial charge in [0.05, 0.1) is 0 Å². The van der Waals surface area contributed by atoms with E-state index in [1.807, 2.05) is 12.1 Å². The van der Waals surface area contributed by atoms with E-state index < -0.39 is 5.97 Å². The highest BCUT2D eigenvalue weighted by Crippen LogP contribution is 2.42. The van der Waals surface area contributed by atoms with Crippen LogP contribution < -0.4 is 0 Å². The van der Waals surface area contributed by atoms with Crippen molar-refractivity contribution in [3.8, 4) is 0 Å². The molecule has 2 heteroatoms. The van der Waals surface area contributed by atoms with Crippen molar-refractivity contribution in [2.75, 3.05) is 0 Å². The minimum absolute atomic E-state index is 0.134. The number of hydrogen-bond donors (Lipinski definition) is 1. The van der Waals surface area contributed by atoms with Crippen molar-refractivity contribution < 1.29 is 9.90 Å². The monoisotopic (exact) mass is 244 g/mol. The van der Waals surface area contributed by atoms with Crippen LogP contribution >= 0.6 is 0 Å². The number of aliphatic carboxylic acids is 1. The average molecular weight is 244 g/mol. The Labute approximate surface area is 108 Å². The van der Waals surface area contributed by atoms with Crippen LogP contribution in [0.3, 0.4) is 0 Å². The Morgan fingerprint density at radius 1 is 1.22 bits per heavy atom. The van der Waals surface area contributed by atoms with Crippen LogP contribution in [0.2, 0.25) is 0 Å². The number of carboxylic acids is 1. The maximum Gasteiger partial charge on any atom is 0.328 e. The molecule has 0 bridgehead atoms. The summed E-state index contributed by atoms with van der Waals surface area (Å²) in [4.78, 5) is 10.9. The van der Waals surface area contributed by atoms with E-state index in [4.69, 9.17) is 5.11 Å². The zero-order valence-electron chi connectivity index (χ0n) is 11.2. The molecule has 0 atom stereocenters. The summed E-state index contributed by atoms with van der Waals surface area (Å²) in [5, 5.41) is 8.93. The molecule has 0 aromatic heterocycles. The van der Waals surface area contributed by atoms with Gasteiger partial charge in [0, 0.05) is 6.08 Å². The van der Waals surface area contributed by atoms with E-state index in [1.54, 1.807) is 0 Å². The van der Waals surface area contributed by atoms with Gasteiger partial charge in [0.25, 0.3) is 0 Å². The molecule has 0 amide bonds. The number of rotatable bonds is 3. The summed E-state index contributed by atoms with van der Waals surface area (Å²) in [6.07, 6.45) is 3.59. The normalized spacial score (nSPS) is 16.7. The third-order valence-electron chi connectivity index (χ3n) is 3.38. The quantitative estimate of drug-likeness (QED) is 0.820. The topological polar surface area (TPSA) is 37.3 Å². The first-order valence-electron chi connectivity index (χ1n) is 6.43. The van der Waals surface area contributed by atoms with E-state index in [-0.39, 0.29) is 5.41 Å². The number of benzene rings is 1. The summed E-state index contributed by atoms with van der Waals surface area (Å²) < 4.78 is 0. The van der Waals surface area contributed by atoms with Crippen LogP contribution in [-0.2, 0) is 10.2 Å². The number of carbonyl (C=O) groups is 1. The van der Waals surface area contributed by atoms with Crippen molar-refractivity contribution in [3.63, 3.8) is 0 Å². The van der Waals surface area contributed by atoms with Gasteiger partial charge in [-0.3, -0.25) is 0 Å². The second-order valence-electron chi connectivity index (χ2n) is 6.04. The molecule has 2 nitrogen and oxygen atoms in total. The van der Waals surface area contributed by atoms with Crippen LogP contribution in [0.4, 0.5) is 0 Å². The zero-order chi connectivity index (χ0) is 13.3. The summed E-state index contributed by atoms with van der Waals surface area (Å²) >= 11 is 0. The maximum atomic E-state index is 10.9. The highest BCUT2D eigenvalue weighted by Gasteiger charge is 2.27. The molecular weight excluding hydrogens is 224 g/mol. The van der Waals surface area contributed by atoms with Crippen LogP contribution in [0.5, 0.6) is 0 Å². The van der Waals surface area contributed by atoms with E-state index in [2.05, 4.69) is 32.9 Å². The average Bonchev–Trinajstić information content (AvgIpc) is 3.08. The van der Waals surface area contributed by atoms with Gasteiger partial charge < -0.3 is 5.11 Å². The summed E-state index contributed by atoms with van der Waals surface area (Å²) in [6.45, 7) is 6.53. The van der Waals surface area contributed by atoms with Crippen LogP contribution in [0.25, 0.3) is 5.57 Å². The first-order chi connectivity index (χ1) is 8.38. The van der Waals surface area contributed by atoms with E-state index in [1.165, 1.54) is 11.6 Å². The smallest absolute Gasteiger partial charge is 0.328 e. The van der Waals surface area contributed by atoms with Gasteiger partial charge in [-0.2, -0.15) is 0 Å². The second-order valence-corrected chi connectivity index (χ2v) is 6.04. The van der Waals surface area contributed by atoms with Crippen molar-refractivity contribution in [1.29, 1.82) is 0 Å². The molecule has 1 N–H and O–H groups in total. The number of allylic oxidation sites excluding steroid dienone is 1. The van der Waals surface area contributed by atoms with E-state index in [0.29, 0.717) is 5.92 Å². The summed E-state index contributed by atoms with van der Waals surface area (Å²) in [5.74, 6) is -0.404. The van der Waals surface area contributed by atoms with Crippen LogP contribution in [0.1, 0.15) is 44.7 Å². The molecule has 0 unspecified atom stereocenters. The Bertz CT molecular complexity index is 471. The molecule has 1 aromatic rings. The molecule has 0 radical (unpaired) electrons. The molecule has 0 aliphatic heterocycles. The summed E-state index contributed by atoms with van der Waals surface area (Å²) in [6, 6.07) is 8.31. The van der Waals surface area contributed by atoms with Crippen LogP contribution in [0.15, 0.2) is 30.3 Å². The Kier molecular flexibility index (Phi) is 3.29. The van der Waals surface area contributed by atoms with Gasteiger partial charge >= 0.3 is 5.97 Å². The van der Waals surface area contributed by atoms with Gasteiger partial charge in [0.1, 0.15) is 0 Å². The van der Waals surface area contributed by atoms with Gasteiger partial charge in [-0.25, -0.2) is 4.79 Å². The van der Waals surface area contributed by atoms with E-state index >= 15 is 0 Å². The minimum Gasteiger partial charge on any atom is -0.478 e. The highest BCUT2D eigenvalue weighted by molar-refractivity contribution is 5.91. The molecule has 1 saturated carbocycles. The Balaban J connectivity index is 2.30. The van der Waals surface area contributed by atoms with Gasteiger partial charge in [-0.1, -0.05) is 45.0 Å². The van der Waals surface area contributed by atoms with Crippen LogP contribution in [-0.4, -0.2) is 11.1 Å². The van der Waals surface area contributed by atoms with E-state index in [0.717, 1.165) is 24.0 Å². The van der Waals surface area contributed by atoms with Crippen molar-refractivity contribution in [3.05, 3.63) is 41.5 Å². The molecule has 1 fully saturated rings. The first kappa shape index (κ1) is 12.9. The number of hydrogen-bond acceptors (Lipinski definition) is 1. The fraction of sp³-hybridized carbons (Fsp3) is 0.438. The van der Waals surface area contributed by atoms with Crippen LogP contribution in [0, 0.1) is 5.92 Å². The Morgan fingerprint density at radius 2 is 1.78 bits per heavy atom. The van der Waals surface area contributed by atoms with Crippen molar-refractivity contribution in [2.24, 2.45) is 5.92 Å². The second kappa shape index (κ2) is 4.60. The predicted molar refractivity (Wildman–Crippen MR) is 73.5 cm³/mol. The summed E-state index contributed by atoms with van der Waals surface area (Å²) in [5.41, 5.74) is 3.43. The standard InChI is InChI=1S/C16H20O2/c1-16(2,3)13-8-6-12(7-9-13)14(10-15(17)18)11-4-5-11/h6-11H,4-5H2,1-3H3,(H,17,18)/b14-10+. The van der Waals surface area contributed by atoms with Crippen molar-refractivity contribution in [1.82, 2.24) is 0 Å². The lowest BCUT2D eigenvalue weighted by molar-refractivity contribution is -0.131. The van der Waals surface area contributed by atoms with Crippen molar-refractivity contribution in [2.45, 2.75) is 39.0 Å². The lowest BCUT2D eigenvalue weighted by atomic mass is 9.86. The fourth-order valence-electron chi connectivity index (χ4n) is 2.13. The zero-order valence-corrected chi connectivity index (χ0v) is 11.2. The van der Waals surface area contributed by atoms with E-state index in [9.17, 15) is 4.79 Å². The van der Waals surface area contributed by atoms with Gasteiger partial charge in [0.2, 0.25) is 0 Å². The third-order valence-corrected chi connectivity index (χ3v) is 3.38. The summed E-state index contributed by atoms with van der Waals surface area (Å²) in [7, 11) is 0. The molecule has 2 rings (SSSR count).